The van der Waals surface area contributed by atoms with Crippen molar-refractivity contribution in [1.82, 2.24) is 0 Å². The number of ether oxygens (including phenoxy) is 2. The quantitative estimate of drug-likeness (QED) is 0.0223. The molecule has 0 aliphatic rings. The zero-order chi connectivity index (χ0) is 34.4. The Hall–Kier alpha value is -1.25. The van der Waals surface area contributed by atoms with Gasteiger partial charge >= 0.3 is 11.9 Å². The second-order valence-electron chi connectivity index (χ2n) is 13.6. The van der Waals surface area contributed by atoms with E-state index in [9.17, 15) is 19.0 Å². The average molecular weight is 676 g/mol. The van der Waals surface area contributed by atoms with E-state index >= 15 is 0 Å². The van der Waals surface area contributed by atoms with Crippen molar-refractivity contribution in [2.24, 2.45) is 0 Å². The Morgan fingerprint density at radius 2 is 1.13 bits per heavy atom. The van der Waals surface area contributed by atoms with E-state index in [2.05, 4.69) is 26.0 Å². The number of nitrogens with zero attached hydrogens (tertiary/aromatic N) is 1. The van der Waals surface area contributed by atoms with E-state index in [1.54, 1.807) is 0 Å². The number of quaternary nitrogens is 1. The number of phosphoric acid groups is 1. The molecule has 0 heterocycles. The zero-order valence-corrected chi connectivity index (χ0v) is 31.2. The number of phosphoric ester groups is 1. The summed E-state index contributed by atoms with van der Waals surface area (Å²) in [6, 6.07) is 0. The van der Waals surface area contributed by atoms with Crippen molar-refractivity contribution in [2.45, 2.75) is 161 Å². The third-order valence-corrected chi connectivity index (χ3v) is 8.75. The second kappa shape index (κ2) is 29.9. The number of rotatable bonds is 33. The molecule has 0 aliphatic heterocycles. The number of hydrogen-bond acceptors (Lipinski definition) is 8. The van der Waals surface area contributed by atoms with E-state index in [0.717, 1.165) is 57.8 Å². The van der Waals surface area contributed by atoms with Crippen molar-refractivity contribution < 1.29 is 42.1 Å². The molecule has 46 heavy (non-hydrogen) atoms. The van der Waals surface area contributed by atoms with Crippen LogP contribution in [0.5, 0.6) is 0 Å². The van der Waals surface area contributed by atoms with Gasteiger partial charge in [0.1, 0.15) is 19.8 Å². The van der Waals surface area contributed by atoms with E-state index in [1.165, 1.54) is 64.2 Å². The van der Waals surface area contributed by atoms with E-state index in [1.807, 2.05) is 21.1 Å². The van der Waals surface area contributed by atoms with Crippen LogP contribution in [0.4, 0.5) is 0 Å². The highest BCUT2D eigenvalue weighted by molar-refractivity contribution is 7.45. The maximum atomic E-state index is 12.5. The monoisotopic (exact) mass is 675 g/mol. The standard InChI is InChI=1S/C36H70NO8P/c1-6-8-10-12-14-16-18-20-22-24-26-28-35(38)42-32-34(33-44-46(40,41)43-31-30-37(3,4)5)45-36(39)29-27-25-23-21-19-17-15-13-11-9-7-2/h13,15,34H,6-12,14,16-33H2,1-5H3/b15-13-. The number of likely N-dealkylation sites (N-methyl/N-ethyl adjacent to an activating group) is 1. The molecule has 0 spiro atoms. The SMILES string of the molecule is CCCC/C=C\CCCCCCCC(=O)OC(COC(=O)CCCCCCCCCCCCC)COP(=O)([O-])OCC[N+](C)(C)C. The Morgan fingerprint density at radius 1 is 0.652 bits per heavy atom. The Morgan fingerprint density at radius 3 is 1.67 bits per heavy atom. The van der Waals surface area contributed by atoms with Gasteiger partial charge in [0, 0.05) is 12.8 Å². The van der Waals surface area contributed by atoms with Gasteiger partial charge in [0.25, 0.3) is 7.82 Å². The summed E-state index contributed by atoms with van der Waals surface area (Å²) in [6.45, 7) is 4.15. The average Bonchev–Trinajstić information content (AvgIpc) is 2.99. The number of carbonyl (C=O) groups is 2. The summed E-state index contributed by atoms with van der Waals surface area (Å²) < 4.78 is 33.6. The summed E-state index contributed by atoms with van der Waals surface area (Å²) in [6.07, 6.45) is 26.7. The fourth-order valence-electron chi connectivity index (χ4n) is 4.81. The molecule has 2 atom stereocenters. The van der Waals surface area contributed by atoms with Crippen LogP contribution >= 0.6 is 7.82 Å². The molecule has 272 valence electrons. The van der Waals surface area contributed by atoms with Gasteiger partial charge in [-0.15, -0.1) is 0 Å². The van der Waals surface area contributed by atoms with Crippen molar-refractivity contribution in [2.75, 3.05) is 47.5 Å². The molecule has 9 nitrogen and oxygen atoms in total. The van der Waals surface area contributed by atoms with Crippen LogP contribution in [-0.2, 0) is 32.7 Å². The normalized spacial score (nSPS) is 14.0. The van der Waals surface area contributed by atoms with Gasteiger partial charge in [0.2, 0.25) is 0 Å². The first-order valence-electron chi connectivity index (χ1n) is 18.4. The molecule has 2 unspecified atom stereocenters. The minimum atomic E-state index is -4.61. The summed E-state index contributed by atoms with van der Waals surface area (Å²) in [4.78, 5) is 37.2. The smallest absolute Gasteiger partial charge is 0.306 e. The van der Waals surface area contributed by atoms with Gasteiger partial charge in [-0.25, -0.2) is 0 Å². The molecule has 0 saturated heterocycles. The van der Waals surface area contributed by atoms with Crippen LogP contribution in [0.25, 0.3) is 0 Å². The molecule has 0 amide bonds. The molecule has 0 rings (SSSR count). The molecule has 0 fully saturated rings. The molecule has 0 radical (unpaired) electrons. The van der Waals surface area contributed by atoms with E-state index in [0.29, 0.717) is 17.4 Å². The molecular weight excluding hydrogens is 605 g/mol. The number of carbonyl (C=O) groups excluding carboxylic acids is 2. The first kappa shape index (κ1) is 44.8. The summed E-state index contributed by atoms with van der Waals surface area (Å²) >= 11 is 0. The van der Waals surface area contributed by atoms with Gasteiger partial charge in [0.15, 0.2) is 6.10 Å². The first-order valence-corrected chi connectivity index (χ1v) is 19.9. The number of hydrogen-bond donors (Lipinski definition) is 0. The summed E-state index contributed by atoms with van der Waals surface area (Å²) in [5.41, 5.74) is 0. The molecule has 0 aromatic heterocycles. The first-order chi connectivity index (χ1) is 22.0. The Labute approximate surface area is 282 Å². The van der Waals surface area contributed by atoms with Gasteiger partial charge < -0.3 is 27.9 Å². The maximum Gasteiger partial charge on any atom is 0.306 e. The molecular formula is C36H70NO8P. The highest BCUT2D eigenvalue weighted by atomic mass is 31.2. The van der Waals surface area contributed by atoms with Crippen LogP contribution in [0.1, 0.15) is 155 Å². The van der Waals surface area contributed by atoms with Crippen LogP contribution in [0, 0.1) is 0 Å². The minimum absolute atomic E-state index is 0.0299. The summed E-state index contributed by atoms with van der Waals surface area (Å²) in [7, 11) is 1.16. The van der Waals surface area contributed by atoms with Crippen LogP contribution in [0.3, 0.4) is 0 Å². The summed E-state index contributed by atoms with van der Waals surface area (Å²) in [5, 5.41) is 0. The molecule has 0 N–H and O–H groups in total. The third kappa shape index (κ3) is 32.7. The molecule has 0 aromatic carbocycles. The highest BCUT2D eigenvalue weighted by Crippen LogP contribution is 2.38. The van der Waals surface area contributed by atoms with Gasteiger partial charge in [-0.1, -0.05) is 122 Å². The number of esters is 2. The topological polar surface area (TPSA) is 111 Å². The van der Waals surface area contributed by atoms with Crippen LogP contribution in [-0.4, -0.2) is 70.0 Å². The van der Waals surface area contributed by atoms with Crippen LogP contribution in [0.2, 0.25) is 0 Å². The Bertz CT molecular complexity index is 814. The molecule has 0 aliphatic carbocycles. The van der Waals surface area contributed by atoms with Crippen LogP contribution in [0.15, 0.2) is 12.2 Å². The predicted octanol–water partition coefficient (Wildman–Crippen LogP) is 8.83. The minimum Gasteiger partial charge on any atom is -0.756 e. The van der Waals surface area contributed by atoms with Crippen LogP contribution < -0.4 is 4.89 Å². The third-order valence-electron chi connectivity index (χ3n) is 7.79. The predicted molar refractivity (Wildman–Crippen MR) is 185 cm³/mol. The van der Waals surface area contributed by atoms with E-state index < -0.39 is 26.5 Å². The lowest BCUT2D eigenvalue weighted by molar-refractivity contribution is -0.870. The second-order valence-corrected chi connectivity index (χ2v) is 15.0. The molecule has 0 bridgehead atoms. The lowest BCUT2D eigenvalue weighted by atomic mass is 10.1. The van der Waals surface area contributed by atoms with Crippen molar-refractivity contribution in [3.8, 4) is 0 Å². The van der Waals surface area contributed by atoms with Gasteiger partial charge in [0.05, 0.1) is 27.7 Å². The fourth-order valence-corrected chi connectivity index (χ4v) is 5.54. The Balaban J connectivity index is 4.47. The van der Waals surface area contributed by atoms with Crippen molar-refractivity contribution in [3.63, 3.8) is 0 Å². The number of unbranched alkanes of at least 4 members (excludes halogenated alkanes) is 17. The van der Waals surface area contributed by atoms with Gasteiger partial charge in [-0.05, 0) is 32.1 Å². The van der Waals surface area contributed by atoms with Crippen molar-refractivity contribution >= 4 is 19.8 Å². The van der Waals surface area contributed by atoms with Crippen molar-refractivity contribution in [1.29, 1.82) is 0 Å². The lowest BCUT2D eigenvalue weighted by Gasteiger charge is -2.28. The van der Waals surface area contributed by atoms with E-state index in [-0.39, 0.29) is 32.0 Å². The largest absolute Gasteiger partial charge is 0.756 e. The maximum absolute atomic E-state index is 12.5. The van der Waals surface area contributed by atoms with Gasteiger partial charge in [-0.2, -0.15) is 0 Å². The molecule has 0 aromatic rings. The number of allylic oxidation sites excluding steroid dienone is 2. The highest BCUT2D eigenvalue weighted by Gasteiger charge is 2.21. The Kier molecular flexibility index (Phi) is 29.0. The molecule has 10 heteroatoms. The van der Waals surface area contributed by atoms with E-state index in [4.69, 9.17) is 18.5 Å². The fraction of sp³-hybridized carbons (Fsp3) is 0.889. The summed E-state index contributed by atoms with van der Waals surface area (Å²) in [5.74, 6) is -0.845. The zero-order valence-electron chi connectivity index (χ0n) is 30.3. The molecule has 0 saturated carbocycles. The van der Waals surface area contributed by atoms with Gasteiger partial charge in [-0.3, -0.25) is 14.2 Å². The lowest BCUT2D eigenvalue weighted by Crippen LogP contribution is -2.37. The van der Waals surface area contributed by atoms with Crippen molar-refractivity contribution in [3.05, 3.63) is 12.2 Å².